The predicted octanol–water partition coefficient (Wildman–Crippen LogP) is 3.35. The van der Waals surface area contributed by atoms with Crippen molar-refractivity contribution >= 4 is 17.7 Å². The van der Waals surface area contributed by atoms with Crippen LogP contribution in [0.1, 0.15) is 30.2 Å². The van der Waals surface area contributed by atoms with E-state index in [0.29, 0.717) is 19.0 Å². The Morgan fingerprint density at radius 2 is 2.24 bits per heavy atom. The molecule has 6 nitrogen and oxygen atoms in total. The summed E-state index contributed by atoms with van der Waals surface area (Å²) in [7, 11) is 1.85. The normalized spacial score (nSPS) is 13.3. The maximum Gasteiger partial charge on any atom is 0.320 e. The molecule has 0 saturated heterocycles. The van der Waals surface area contributed by atoms with Gasteiger partial charge in [0.15, 0.2) is 0 Å². The summed E-state index contributed by atoms with van der Waals surface area (Å²) in [5.74, 6) is 0.604. The van der Waals surface area contributed by atoms with Gasteiger partial charge in [-0.3, -0.25) is 0 Å². The molecule has 2 aromatic rings. The van der Waals surface area contributed by atoms with Gasteiger partial charge in [-0.2, -0.15) is 0 Å². The number of fused-ring (bicyclic) bond motifs is 1. The SMILES string of the molecule is CCCN(C)C(=O)N1CCc2nc(Nc3cccc(C)c3)ncc2C1. The number of anilines is 2. The number of amides is 2. The lowest BCUT2D eigenvalue weighted by Gasteiger charge is -2.31. The fraction of sp³-hybridized carbons (Fsp3) is 0.421. The van der Waals surface area contributed by atoms with E-state index in [4.69, 9.17) is 0 Å². The van der Waals surface area contributed by atoms with Crippen LogP contribution in [0, 0.1) is 6.92 Å². The summed E-state index contributed by atoms with van der Waals surface area (Å²) in [6, 6.07) is 8.20. The Bertz CT molecular complexity index is 761. The summed E-state index contributed by atoms with van der Waals surface area (Å²) in [4.78, 5) is 25.1. The van der Waals surface area contributed by atoms with Gasteiger partial charge in [0, 0.05) is 44.0 Å². The quantitative estimate of drug-likeness (QED) is 0.928. The number of carbonyl (C=O) groups is 1. The third kappa shape index (κ3) is 4.07. The summed E-state index contributed by atoms with van der Waals surface area (Å²) in [5.41, 5.74) is 4.22. The molecule has 1 aliphatic heterocycles. The Morgan fingerprint density at radius 1 is 1.40 bits per heavy atom. The van der Waals surface area contributed by atoms with Crippen molar-refractivity contribution in [3.8, 4) is 0 Å². The smallest absolute Gasteiger partial charge is 0.320 e. The molecule has 2 amide bonds. The second-order valence-corrected chi connectivity index (χ2v) is 6.54. The molecule has 1 N–H and O–H groups in total. The standard InChI is InChI=1S/C19H25N5O/c1-4-9-23(3)19(25)24-10-8-17-15(13-24)12-20-18(22-17)21-16-7-5-6-14(2)11-16/h5-7,11-12H,4,8-10,13H2,1-3H3,(H,20,21,22). The molecule has 25 heavy (non-hydrogen) atoms. The first-order chi connectivity index (χ1) is 12.1. The molecule has 1 aromatic carbocycles. The van der Waals surface area contributed by atoms with Crippen molar-refractivity contribution in [1.82, 2.24) is 19.8 Å². The minimum atomic E-state index is 0.0782. The predicted molar refractivity (Wildman–Crippen MR) is 98.9 cm³/mol. The summed E-state index contributed by atoms with van der Waals surface area (Å²) in [5, 5.41) is 3.25. The molecule has 6 heteroatoms. The van der Waals surface area contributed by atoms with Crippen LogP contribution in [0.5, 0.6) is 0 Å². The summed E-state index contributed by atoms with van der Waals surface area (Å²) in [6.45, 7) is 6.18. The lowest BCUT2D eigenvalue weighted by molar-refractivity contribution is 0.157. The van der Waals surface area contributed by atoms with E-state index in [-0.39, 0.29) is 6.03 Å². The van der Waals surface area contributed by atoms with Gasteiger partial charge in [0.1, 0.15) is 0 Å². The highest BCUT2D eigenvalue weighted by Gasteiger charge is 2.24. The van der Waals surface area contributed by atoms with E-state index in [1.54, 1.807) is 4.90 Å². The van der Waals surface area contributed by atoms with Crippen molar-refractivity contribution in [3.63, 3.8) is 0 Å². The van der Waals surface area contributed by atoms with E-state index in [9.17, 15) is 4.79 Å². The Kier molecular flexibility index (Phi) is 5.16. The van der Waals surface area contributed by atoms with E-state index in [1.807, 2.05) is 30.3 Å². The summed E-state index contributed by atoms with van der Waals surface area (Å²) < 4.78 is 0. The van der Waals surface area contributed by atoms with Crippen LogP contribution < -0.4 is 5.32 Å². The van der Waals surface area contributed by atoms with Crippen molar-refractivity contribution in [2.75, 3.05) is 25.5 Å². The number of hydrogen-bond acceptors (Lipinski definition) is 4. The number of nitrogens with one attached hydrogen (secondary N) is 1. The van der Waals surface area contributed by atoms with Crippen LogP contribution >= 0.6 is 0 Å². The van der Waals surface area contributed by atoms with Gasteiger partial charge in [-0.1, -0.05) is 19.1 Å². The van der Waals surface area contributed by atoms with Crippen LogP contribution in [0.4, 0.5) is 16.4 Å². The van der Waals surface area contributed by atoms with E-state index in [0.717, 1.165) is 36.3 Å². The molecule has 3 rings (SSSR count). The first-order valence-electron chi connectivity index (χ1n) is 8.75. The zero-order chi connectivity index (χ0) is 17.8. The van der Waals surface area contributed by atoms with Crippen molar-refractivity contribution in [1.29, 1.82) is 0 Å². The molecule has 0 aliphatic carbocycles. The number of hydrogen-bond donors (Lipinski definition) is 1. The molecule has 132 valence electrons. The average Bonchev–Trinajstić information content (AvgIpc) is 2.61. The number of urea groups is 1. The first-order valence-corrected chi connectivity index (χ1v) is 8.75. The van der Waals surface area contributed by atoms with E-state index >= 15 is 0 Å². The number of aromatic nitrogens is 2. The fourth-order valence-corrected chi connectivity index (χ4v) is 3.06. The molecular formula is C19H25N5O. The molecule has 0 radical (unpaired) electrons. The van der Waals surface area contributed by atoms with E-state index < -0.39 is 0 Å². The van der Waals surface area contributed by atoms with Crippen LogP contribution in [-0.4, -0.2) is 45.9 Å². The van der Waals surface area contributed by atoms with Crippen LogP contribution in [0.15, 0.2) is 30.5 Å². The second kappa shape index (κ2) is 7.51. The van der Waals surface area contributed by atoms with E-state index in [1.165, 1.54) is 5.56 Å². The first kappa shape index (κ1) is 17.2. The number of nitrogens with zero attached hydrogens (tertiary/aromatic N) is 4. The van der Waals surface area contributed by atoms with Gasteiger partial charge >= 0.3 is 6.03 Å². The van der Waals surface area contributed by atoms with Crippen LogP contribution in [0.2, 0.25) is 0 Å². The Labute approximate surface area is 148 Å². The zero-order valence-corrected chi connectivity index (χ0v) is 15.1. The molecule has 1 aliphatic rings. The van der Waals surface area contributed by atoms with Crippen molar-refractivity contribution < 1.29 is 4.79 Å². The number of carbonyl (C=O) groups excluding carboxylic acids is 1. The number of aryl methyl sites for hydroxylation is 1. The van der Waals surface area contributed by atoms with Crippen LogP contribution in [0.3, 0.4) is 0 Å². The minimum absolute atomic E-state index is 0.0782. The van der Waals surface area contributed by atoms with Crippen molar-refractivity contribution in [2.24, 2.45) is 0 Å². The van der Waals surface area contributed by atoms with E-state index in [2.05, 4.69) is 41.3 Å². The largest absolute Gasteiger partial charge is 0.328 e. The Balaban J connectivity index is 1.70. The number of benzene rings is 1. The van der Waals surface area contributed by atoms with Gasteiger partial charge in [-0.25, -0.2) is 14.8 Å². The molecule has 0 bridgehead atoms. The summed E-state index contributed by atoms with van der Waals surface area (Å²) in [6.07, 6.45) is 3.55. The molecular weight excluding hydrogens is 314 g/mol. The topological polar surface area (TPSA) is 61.4 Å². The maximum atomic E-state index is 12.4. The van der Waals surface area contributed by atoms with Gasteiger partial charge in [0.25, 0.3) is 0 Å². The van der Waals surface area contributed by atoms with Gasteiger partial charge in [-0.15, -0.1) is 0 Å². The third-order valence-electron chi connectivity index (χ3n) is 4.36. The van der Waals surface area contributed by atoms with Crippen molar-refractivity contribution in [3.05, 3.63) is 47.3 Å². The highest BCUT2D eigenvalue weighted by molar-refractivity contribution is 5.74. The molecule has 2 heterocycles. The highest BCUT2D eigenvalue weighted by Crippen LogP contribution is 2.21. The monoisotopic (exact) mass is 339 g/mol. The van der Waals surface area contributed by atoms with Crippen LogP contribution in [0.25, 0.3) is 0 Å². The zero-order valence-electron chi connectivity index (χ0n) is 15.1. The lowest BCUT2D eigenvalue weighted by atomic mass is 10.1. The third-order valence-corrected chi connectivity index (χ3v) is 4.36. The molecule has 0 fully saturated rings. The fourth-order valence-electron chi connectivity index (χ4n) is 3.06. The molecule has 0 spiro atoms. The highest BCUT2D eigenvalue weighted by atomic mass is 16.2. The number of rotatable bonds is 4. The van der Waals surface area contributed by atoms with Gasteiger partial charge in [-0.05, 0) is 31.0 Å². The summed E-state index contributed by atoms with van der Waals surface area (Å²) >= 11 is 0. The van der Waals surface area contributed by atoms with Gasteiger partial charge in [0.2, 0.25) is 5.95 Å². The second-order valence-electron chi connectivity index (χ2n) is 6.54. The average molecular weight is 339 g/mol. The molecule has 0 atom stereocenters. The van der Waals surface area contributed by atoms with Crippen molar-refractivity contribution in [2.45, 2.75) is 33.2 Å². The Morgan fingerprint density at radius 3 is 3.00 bits per heavy atom. The van der Waals surface area contributed by atoms with Gasteiger partial charge in [0.05, 0.1) is 12.2 Å². The molecule has 0 saturated carbocycles. The van der Waals surface area contributed by atoms with Gasteiger partial charge < -0.3 is 15.1 Å². The van der Waals surface area contributed by atoms with Crippen LogP contribution in [-0.2, 0) is 13.0 Å². The molecule has 0 unspecified atom stereocenters. The molecule has 1 aromatic heterocycles. The maximum absolute atomic E-state index is 12.4. The minimum Gasteiger partial charge on any atom is -0.328 e. The lowest BCUT2D eigenvalue weighted by Crippen LogP contribution is -2.44. The Hall–Kier alpha value is -2.63.